The zero-order valence-corrected chi connectivity index (χ0v) is 25.4. The SMILES string of the molecule is O=C(N=C1C(C(=O)c2ccccc2)=CC(C(=O)c2ccccc2)=C(C(=O)c2ccccc2)C1=NC(=O)c1ccccc1)c1ccccc1. The Kier molecular flexibility index (Phi) is 9.21. The number of hydrogen-bond donors (Lipinski definition) is 0. The van der Waals surface area contributed by atoms with Crippen LogP contribution in [0.2, 0.25) is 0 Å². The zero-order valence-electron chi connectivity index (χ0n) is 25.4. The summed E-state index contributed by atoms with van der Waals surface area (Å²) in [6.45, 7) is 0. The minimum absolute atomic E-state index is 0.167. The minimum atomic E-state index is -0.760. The molecular weight excluding hydrogens is 600 g/mol. The van der Waals surface area contributed by atoms with Gasteiger partial charge < -0.3 is 0 Å². The number of nitrogens with zero attached hydrogens (tertiary/aromatic N) is 2. The average molecular weight is 627 g/mol. The first-order valence-electron chi connectivity index (χ1n) is 15.0. The Morgan fingerprint density at radius 2 is 0.688 bits per heavy atom. The molecule has 0 radical (unpaired) electrons. The predicted octanol–water partition coefficient (Wildman–Crippen LogP) is 7.43. The number of Topliss-reactive ketones (excluding diaryl/α,β-unsaturated/α-hetero) is 3. The van der Waals surface area contributed by atoms with Crippen molar-refractivity contribution in [1.82, 2.24) is 0 Å². The van der Waals surface area contributed by atoms with Crippen LogP contribution in [0, 0.1) is 0 Å². The van der Waals surface area contributed by atoms with Crippen LogP contribution in [0.4, 0.5) is 0 Å². The van der Waals surface area contributed by atoms with Crippen LogP contribution in [0.3, 0.4) is 0 Å². The van der Waals surface area contributed by atoms with E-state index in [1.807, 2.05) is 0 Å². The summed E-state index contributed by atoms with van der Waals surface area (Å²) < 4.78 is 0. The molecule has 7 heteroatoms. The van der Waals surface area contributed by atoms with Gasteiger partial charge in [0, 0.05) is 33.4 Å². The summed E-state index contributed by atoms with van der Waals surface area (Å²) in [5, 5.41) is 0. The number of benzene rings is 5. The van der Waals surface area contributed by atoms with Crippen LogP contribution in [0.25, 0.3) is 0 Å². The molecule has 0 saturated heterocycles. The Hall–Kier alpha value is -6.73. The molecule has 7 nitrogen and oxygen atoms in total. The molecule has 0 spiro atoms. The molecule has 0 atom stereocenters. The van der Waals surface area contributed by atoms with Gasteiger partial charge in [0.1, 0.15) is 11.4 Å². The standard InChI is InChI=1S/C41H26N2O5/c44-37(27-16-6-1-7-17-27)32-26-33(38(45)28-18-8-2-9-19-28)35(42-40(47)30-22-12-4-13-23-30)36(43-41(48)31-24-14-5-15-25-31)34(32)39(46)29-20-10-3-11-21-29/h1-26H. The Labute approximate surface area is 276 Å². The Balaban J connectivity index is 1.70. The van der Waals surface area contributed by atoms with E-state index < -0.39 is 29.2 Å². The molecule has 0 N–H and O–H groups in total. The van der Waals surface area contributed by atoms with Crippen molar-refractivity contribution in [2.45, 2.75) is 0 Å². The van der Waals surface area contributed by atoms with Gasteiger partial charge in [0.05, 0.1) is 11.1 Å². The maximum atomic E-state index is 14.5. The molecule has 1 aliphatic rings. The fraction of sp³-hybridized carbons (Fsp3) is 0. The highest BCUT2D eigenvalue weighted by molar-refractivity contribution is 6.66. The van der Waals surface area contributed by atoms with E-state index in [1.54, 1.807) is 152 Å². The summed E-state index contributed by atoms with van der Waals surface area (Å²) in [7, 11) is 0. The predicted molar refractivity (Wildman–Crippen MR) is 184 cm³/mol. The molecular formula is C41H26N2O5. The molecule has 6 rings (SSSR count). The zero-order chi connectivity index (χ0) is 33.5. The summed E-state index contributed by atoms with van der Waals surface area (Å²) in [5.74, 6) is -3.30. The molecule has 0 saturated carbocycles. The number of allylic oxidation sites excluding steroid dienone is 4. The fourth-order valence-corrected chi connectivity index (χ4v) is 5.18. The lowest BCUT2D eigenvalue weighted by Crippen LogP contribution is -2.34. The van der Waals surface area contributed by atoms with E-state index in [9.17, 15) is 24.0 Å². The van der Waals surface area contributed by atoms with E-state index in [0.29, 0.717) is 0 Å². The lowest BCUT2D eigenvalue weighted by molar-refractivity contribution is 0.0990. The Morgan fingerprint density at radius 1 is 0.354 bits per heavy atom. The summed E-state index contributed by atoms with van der Waals surface area (Å²) >= 11 is 0. The monoisotopic (exact) mass is 626 g/mol. The van der Waals surface area contributed by atoms with E-state index in [0.717, 1.165) is 0 Å². The van der Waals surface area contributed by atoms with Gasteiger partial charge in [0.2, 0.25) is 0 Å². The molecule has 1 aliphatic carbocycles. The van der Waals surface area contributed by atoms with Gasteiger partial charge in [-0.25, -0.2) is 9.98 Å². The lowest BCUT2D eigenvalue weighted by atomic mass is 9.79. The molecule has 0 aromatic heterocycles. The molecule has 0 unspecified atom stereocenters. The van der Waals surface area contributed by atoms with Gasteiger partial charge >= 0.3 is 0 Å². The maximum absolute atomic E-state index is 14.5. The van der Waals surface area contributed by atoms with Gasteiger partial charge in [-0.05, 0) is 30.3 Å². The third-order valence-electron chi connectivity index (χ3n) is 7.57. The molecule has 0 fully saturated rings. The van der Waals surface area contributed by atoms with Gasteiger partial charge in [-0.15, -0.1) is 0 Å². The van der Waals surface area contributed by atoms with Crippen molar-refractivity contribution in [2.75, 3.05) is 0 Å². The van der Waals surface area contributed by atoms with Gasteiger partial charge in [-0.1, -0.05) is 127 Å². The van der Waals surface area contributed by atoms with Crippen LogP contribution < -0.4 is 0 Å². The first-order valence-corrected chi connectivity index (χ1v) is 15.0. The van der Waals surface area contributed by atoms with Crippen molar-refractivity contribution in [3.63, 3.8) is 0 Å². The second-order valence-electron chi connectivity index (χ2n) is 10.7. The van der Waals surface area contributed by atoms with Crippen molar-refractivity contribution in [3.8, 4) is 0 Å². The van der Waals surface area contributed by atoms with Gasteiger partial charge in [-0.3, -0.25) is 24.0 Å². The van der Waals surface area contributed by atoms with E-state index in [1.165, 1.54) is 6.08 Å². The highest BCUT2D eigenvalue weighted by atomic mass is 16.2. The van der Waals surface area contributed by atoms with E-state index in [-0.39, 0.29) is 56.0 Å². The summed E-state index contributed by atoms with van der Waals surface area (Å²) in [6, 6.07) is 41.0. The largest absolute Gasteiger partial charge is 0.289 e. The second-order valence-corrected chi connectivity index (χ2v) is 10.7. The number of hydrogen-bond acceptors (Lipinski definition) is 5. The molecule has 230 valence electrons. The molecule has 48 heavy (non-hydrogen) atoms. The van der Waals surface area contributed by atoms with E-state index in [2.05, 4.69) is 9.98 Å². The Morgan fingerprint density at radius 3 is 1.10 bits per heavy atom. The van der Waals surface area contributed by atoms with Crippen LogP contribution >= 0.6 is 0 Å². The number of amides is 2. The first-order chi connectivity index (χ1) is 23.4. The van der Waals surface area contributed by atoms with E-state index >= 15 is 0 Å². The number of ketones is 3. The number of carbonyl (C=O) groups is 5. The van der Waals surface area contributed by atoms with Crippen LogP contribution in [0.15, 0.2) is 184 Å². The quantitative estimate of drug-likeness (QED) is 0.131. The van der Waals surface area contributed by atoms with Crippen molar-refractivity contribution in [1.29, 1.82) is 0 Å². The number of carbonyl (C=O) groups excluding carboxylic acids is 5. The molecule has 0 aliphatic heterocycles. The van der Waals surface area contributed by atoms with Crippen LogP contribution in [0.1, 0.15) is 51.8 Å². The second kappa shape index (κ2) is 14.1. The fourth-order valence-electron chi connectivity index (χ4n) is 5.18. The summed E-state index contributed by atoms with van der Waals surface area (Å²) in [6.07, 6.45) is 1.28. The summed E-state index contributed by atoms with van der Waals surface area (Å²) in [4.78, 5) is 79.2. The molecule has 5 aromatic rings. The average Bonchev–Trinajstić information content (AvgIpc) is 3.16. The van der Waals surface area contributed by atoms with E-state index in [4.69, 9.17) is 0 Å². The molecule has 5 aromatic carbocycles. The van der Waals surface area contributed by atoms with Crippen molar-refractivity contribution in [2.24, 2.45) is 9.98 Å². The van der Waals surface area contributed by atoms with Crippen molar-refractivity contribution >= 4 is 40.6 Å². The van der Waals surface area contributed by atoms with Gasteiger partial charge in [0.25, 0.3) is 11.8 Å². The van der Waals surface area contributed by atoms with Crippen molar-refractivity contribution < 1.29 is 24.0 Å². The van der Waals surface area contributed by atoms with Crippen LogP contribution in [-0.2, 0) is 0 Å². The highest BCUT2D eigenvalue weighted by Crippen LogP contribution is 2.30. The topological polar surface area (TPSA) is 110 Å². The smallest absolute Gasteiger partial charge is 0.277 e. The van der Waals surface area contributed by atoms with Gasteiger partial charge in [0.15, 0.2) is 17.3 Å². The Bertz CT molecular complexity index is 2170. The molecule has 2 amide bonds. The first kappa shape index (κ1) is 31.3. The number of rotatable bonds is 8. The van der Waals surface area contributed by atoms with Crippen molar-refractivity contribution in [3.05, 3.63) is 202 Å². The normalized spacial score (nSPS) is 14.4. The molecule has 0 bridgehead atoms. The van der Waals surface area contributed by atoms with Crippen LogP contribution in [-0.4, -0.2) is 40.6 Å². The van der Waals surface area contributed by atoms with Gasteiger partial charge in [-0.2, -0.15) is 0 Å². The summed E-state index contributed by atoms with van der Waals surface area (Å²) in [5.41, 5.74) is -0.190. The third-order valence-corrected chi connectivity index (χ3v) is 7.57. The maximum Gasteiger partial charge on any atom is 0.277 e. The highest BCUT2D eigenvalue weighted by Gasteiger charge is 2.37. The van der Waals surface area contributed by atoms with Crippen LogP contribution in [0.5, 0.6) is 0 Å². The molecule has 0 heterocycles. The number of aliphatic imine (C=N–C) groups is 2. The lowest BCUT2D eigenvalue weighted by Gasteiger charge is -2.23. The third kappa shape index (κ3) is 6.61. The minimum Gasteiger partial charge on any atom is -0.289 e.